The van der Waals surface area contributed by atoms with Crippen LogP contribution in [0.3, 0.4) is 0 Å². The van der Waals surface area contributed by atoms with E-state index >= 15 is 0 Å². The molecule has 0 aliphatic carbocycles. The first-order valence-corrected chi connectivity index (χ1v) is 14.5. The maximum absolute atomic E-state index is 14.3. The molecule has 0 saturated heterocycles. The molecule has 2 heterocycles. The molecule has 1 amide bonds. The molecule has 1 N–H and O–H groups in total. The van der Waals surface area contributed by atoms with Crippen molar-refractivity contribution in [2.24, 2.45) is 0 Å². The summed E-state index contributed by atoms with van der Waals surface area (Å²) in [7, 11) is -3.39. The summed E-state index contributed by atoms with van der Waals surface area (Å²) in [5.41, 5.74) is 0.970. The number of benzene rings is 3. The topological polar surface area (TPSA) is 68.2 Å². The minimum atomic E-state index is -4.63. The van der Waals surface area contributed by atoms with E-state index in [4.69, 9.17) is 0 Å². The molecule has 0 aliphatic heterocycles. The fraction of sp³-hybridized carbons (Fsp3) is 0.138. The van der Waals surface area contributed by atoms with Gasteiger partial charge in [0.1, 0.15) is 0 Å². The zero-order valence-electron chi connectivity index (χ0n) is 21.1. The maximum Gasteiger partial charge on any atom is 0.418 e. The molecule has 2 aromatic heterocycles. The summed E-state index contributed by atoms with van der Waals surface area (Å²) in [5.74, 6) is -0.517. The van der Waals surface area contributed by atoms with Crippen LogP contribution in [-0.2, 0) is 16.0 Å². The quantitative estimate of drug-likeness (QED) is 0.237. The van der Waals surface area contributed by atoms with E-state index in [-0.39, 0.29) is 16.1 Å². The molecule has 0 fully saturated rings. The van der Waals surface area contributed by atoms with Crippen LogP contribution in [0.1, 0.15) is 27.3 Å². The van der Waals surface area contributed by atoms with Gasteiger partial charge in [0.15, 0.2) is 9.84 Å². The van der Waals surface area contributed by atoms with Gasteiger partial charge in [-0.05, 0) is 79.4 Å². The van der Waals surface area contributed by atoms with Gasteiger partial charge in [0.2, 0.25) is 0 Å². The lowest BCUT2D eigenvalue weighted by molar-refractivity contribution is -0.137. The Balaban J connectivity index is 1.52. The van der Waals surface area contributed by atoms with E-state index in [2.05, 4.69) is 5.32 Å². The number of nitrogens with one attached hydrogen (secondary N) is 1. The van der Waals surface area contributed by atoms with Crippen LogP contribution < -0.4 is 5.32 Å². The molecule has 0 spiro atoms. The van der Waals surface area contributed by atoms with Crippen molar-refractivity contribution in [1.29, 1.82) is 0 Å². The number of nitrogens with zero attached hydrogens (tertiary/aromatic N) is 1. The van der Waals surface area contributed by atoms with Crippen molar-refractivity contribution in [3.63, 3.8) is 0 Å². The monoisotopic (exact) mass is 568 g/mol. The third-order valence-electron chi connectivity index (χ3n) is 6.47. The number of hydrogen-bond donors (Lipinski definition) is 1. The van der Waals surface area contributed by atoms with Gasteiger partial charge in [0.05, 0.1) is 21.7 Å². The summed E-state index contributed by atoms with van der Waals surface area (Å²) in [6, 6.07) is 21.0. The number of halogens is 3. The summed E-state index contributed by atoms with van der Waals surface area (Å²) >= 11 is 1.43. The van der Waals surface area contributed by atoms with Crippen LogP contribution in [0.25, 0.3) is 26.2 Å². The Morgan fingerprint density at radius 1 is 0.923 bits per heavy atom. The molecule has 5 aromatic rings. The van der Waals surface area contributed by atoms with Crippen molar-refractivity contribution >= 4 is 42.9 Å². The average Bonchev–Trinajstić information content (AvgIpc) is 3.43. The van der Waals surface area contributed by atoms with Crippen LogP contribution in [0.15, 0.2) is 83.8 Å². The highest BCUT2D eigenvalue weighted by atomic mass is 32.2. The Morgan fingerprint density at radius 3 is 2.26 bits per heavy atom. The number of aromatic nitrogens is 1. The molecular weight excluding hydrogens is 545 g/mol. The fourth-order valence-electron chi connectivity index (χ4n) is 4.58. The number of alkyl halides is 3. The van der Waals surface area contributed by atoms with Crippen molar-refractivity contribution in [3.05, 3.63) is 101 Å². The standard InChI is InChI=1S/C29H23F3N2O3S2/c1-17-14-23(28(35)33-21-9-11-22(12-10-21)39(3,36)37)18(2)34(17)25-13-8-20(15-24(25)29(30,31)32)27-16-19-6-4-5-7-26(19)38-27/h4-16H,1-3H3,(H,33,35). The fourth-order valence-corrected chi connectivity index (χ4v) is 6.27. The second kappa shape index (κ2) is 9.69. The number of amides is 1. The van der Waals surface area contributed by atoms with E-state index in [0.29, 0.717) is 22.6 Å². The maximum atomic E-state index is 14.3. The SMILES string of the molecule is Cc1cc(C(=O)Nc2ccc(S(C)(=O)=O)cc2)c(C)n1-c1ccc(-c2cc3ccccc3s2)cc1C(F)(F)F. The summed E-state index contributed by atoms with van der Waals surface area (Å²) < 4.78 is 68.8. The zero-order valence-corrected chi connectivity index (χ0v) is 22.8. The molecule has 10 heteroatoms. The second-order valence-corrected chi connectivity index (χ2v) is 12.3. The minimum Gasteiger partial charge on any atom is -0.322 e. The summed E-state index contributed by atoms with van der Waals surface area (Å²) in [4.78, 5) is 13.9. The largest absolute Gasteiger partial charge is 0.418 e. The van der Waals surface area contributed by atoms with E-state index in [0.717, 1.165) is 27.3 Å². The van der Waals surface area contributed by atoms with Gasteiger partial charge in [-0.2, -0.15) is 13.2 Å². The first-order valence-electron chi connectivity index (χ1n) is 11.8. The Bertz CT molecular complexity index is 1800. The van der Waals surface area contributed by atoms with Crippen LogP contribution in [0.4, 0.5) is 18.9 Å². The Hall–Kier alpha value is -3.89. The van der Waals surface area contributed by atoms with Crippen LogP contribution in [0.2, 0.25) is 0 Å². The Kier molecular flexibility index (Phi) is 6.64. The van der Waals surface area contributed by atoms with E-state index in [1.54, 1.807) is 19.9 Å². The van der Waals surface area contributed by atoms with Crippen LogP contribution >= 0.6 is 11.3 Å². The summed E-state index contributed by atoms with van der Waals surface area (Å²) in [6.07, 6.45) is -3.55. The summed E-state index contributed by atoms with van der Waals surface area (Å²) in [6.45, 7) is 3.24. The number of rotatable bonds is 5. The van der Waals surface area contributed by atoms with Gasteiger partial charge in [-0.3, -0.25) is 4.79 Å². The number of fused-ring (bicyclic) bond motifs is 1. The molecule has 3 aromatic carbocycles. The van der Waals surface area contributed by atoms with Crippen molar-refractivity contribution in [3.8, 4) is 16.1 Å². The number of anilines is 1. The first-order chi connectivity index (χ1) is 18.3. The van der Waals surface area contributed by atoms with Crippen LogP contribution in [0.5, 0.6) is 0 Å². The number of aryl methyl sites for hydroxylation is 1. The number of carbonyl (C=O) groups is 1. The number of thiophene rings is 1. The van der Waals surface area contributed by atoms with E-state index in [9.17, 15) is 26.4 Å². The molecule has 5 nitrogen and oxygen atoms in total. The minimum absolute atomic E-state index is 0.0704. The predicted molar refractivity (Wildman–Crippen MR) is 149 cm³/mol. The van der Waals surface area contributed by atoms with E-state index in [1.807, 2.05) is 30.3 Å². The van der Waals surface area contributed by atoms with E-state index < -0.39 is 27.5 Å². The molecule has 200 valence electrons. The van der Waals surface area contributed by atoms with Crippen molar-refractivity contribution < 1.29 is 26.4 Å². The third-order valence-corrected chi connectivity index (χ3v) is 8.76. The predicted octanol–water partition coefficient (Wildman–Crippen LogP) is 7.65. The van der Waals surface area contributed by atoms with Gasteiger partial charge in [0.25, 0.3) is 5.91 Å². The normalized spacial score (nSPS) is 12.2. The molecule has 0 atom stereocenters. The van der Waals surface area contributed by atoms with Crippen LogP contribution in [0, 0.1) is 13.8 Å². The van der Waals surface area contributed by atoms with Gasteiger partial charge in [-0.15, -0.1) is 11.3 Å². The Labute approximate surface area is 227 Å². The van der Waals surface area contributed by atoms with Gasteiger partial charge < -0.3 is 9.88 Å². The molecule has 5 rings (SSSR count). The molecule has 0 saturated carbocycles. The first kappa shape index (κ1) is 26.7. The molecule has 39 heavy (non-hydrogen) atoms. The highest BCUT2D eigenvalue weighted by Gasteiger charge is 2.35. The second-order valence-electron chi connectivity index (χ2n) is 9.25. The number of carbonyl (C=O) groups excluding carboxylic acids is 1. The van der Waals surface area contributed by atoms with Crippen molar-refractivity contribution in [2.45, 2.75) is 24.9 Å². The van der Waals surface area contributed by atoms with Gasteiger partial charge in [-0.25, -0.2) is 8.42 Å². The van der Waals surface area contributed by atoms with Gasteiger partial charge in [-0.1, -0.05) is 24.3 Å². The smallest absolute Gasteiger partial charge is 0.322 e. The summed E-state index contributed by atoms with van der Waals surface area (Å²) in [5, 5.41) is 3.66. The average molecular weight is 569 g/mol. The molecular formula is C29H23F3N2O3S2. The third kappa shape index (κ3) is 5.22. The van der Waals surface area contributed by atoms with Crippen molar-refractivity contribution in [1.82, 2.24) is 4.57 Å². The van der Waals surface area contributed by atoms with E-state index in [1.165, 1.54) is 52.3 Å². The molecule has 0 radical (unpaired) electrons. The highest BCUT2D eigenvalue weighted by molar-refractivity contribution is 7.90. The lowest BCUT2D eigenvalue weighted by atomic mass is 10.1. The number of hydrogen-bond acceptors (Lipinski definition) is 4. The Morgan fingerprint density at radius 2 is 1.62 bits per heavy atom. The van der Waals surface area contributed by atoms with Gasteiger partial charge in [0, 0.05) is 32.9 Å². The lowest BCUT2D eigenvalue weighted by Crippen LogP contribution is -2.15. The highest BCUT2D eigenvalue weighted by Crippen LogP contribution is 2.40. The number of sulfone groups is 1. The molecule has 0 aliphatic rings. The zero-order chi connectivity index (χ0) is 28.1. The van der Waals surface area contributed by atoms with Crippen LogP contribution in [-0.4, -0.2) is 25.1 Å². The lowest BCUT2D eigenvalue weighted by Gasteiger charge is -2.18. The van der Waals surface area contributed by atoms with Gasteiger partial charge >= 0.3 is 6.18 Å². The van der Waals surface area contributed by atoms with Crippen molar-refractivity contribution in [2.75, 3.05) is 11.6 Å². The molecule has 0 bridgehead atoms. The molecule has 0 unspecified atom stereocenters.